The van der Waals surface area contributed by atoms with Crippen LogP contribution in [0, 0.1) is 5.92 Å². The summed E-state index contributed by atoms with van der Waals surface area (Å²) in [4.78, 5) is 23.7. The molecular formula is C27H31NO7. The van der Waals surface area contributed by atoms with Crippen LogP contribution in [0.15, 0.2) is 36.4 Å². The van der Waals surface area contributed by atoms with Crippen molar-refractivity contribution in [3.05, 3.63) is 53.1 Å². The zero-order valence-corrected chi connectivity index (χ0v) is 20.2. The van der Waals surface area contributed by atoms with Crippen LogP contribution in [0.2, 0.25) is 0 Å². The minimum absolute atomic E-state index is 0.00625. The van der Waals surface area contributed by atoms with Gasteiger partial charge in [-0.15, -0.1) is 0 Å². The normalized spacial score (nSPS) is 29.7. The molecule has 2 heterocycles. The van der Waals surface area contributed by atoms with Crippen molar-refractivity contribution in [2.24, 2.45) is 5.92 Å². The van der Waals surface area contributed by atoms with Gasteiger partial charge in [0.05, 0.1) is 13.2 Å². The molecule has 1 spiro atoms. The number of likely N-dealkylation sites (tertiary alicyclic amines) is 1. The number of piperidine rings is 1. The fourth-order valence-electron chi connectivity index (χ4n) is 6.75. The van der Waals surface area contributed by atoms with Crippen LogP contribution in [-0.4, -0.2) is 66.0 Å². The summed E-state index contributed by atoms with van der Waals surface area (Å²) in [6.07, 6.45) is 3.69. The number of aliphatic hydroxyl groups is 1. The average molecular weight is 482 g/mol. The molecular weight excluding hydrogens is 450 g/mol. The van der Waals surface area contributed by atoms with Crippen LogP contribution >= 0.6 is 0 Å². The predicted molar refractivity (Wildman–Crippen MR) is 127 cm³/mol. The Kier molecular flexibility index (Phi) is 5.97. The first-order chi connectivity index (χ1) is 16.8. The number of rotatable bonds is 3. The molecule has 0 radical (unpaired) electrons. The maximum absolute atomic E-state index is 10.6. The van der Waals surface area contributed by atoms with Gasteiger partial charge in [0.25, 0.3) is 0 Å². The van der Waals surface area contributed by atoms with Crippen molar-refractivity contribution < 1.29 is 34.0 Å². The Hall–Kier alpha value is -3.10. The minimum atomic E-state index is -1.11. The van der Waals surface area contributed by atoms with Crippen molar-refractivity contribution in [1.29, 1.82) is 0 Å². The number of likely N-dealkylation sites (N-methyl/N-ethyl adjacent to an activating group) is 1. The third kappa shape index (κ3) is 3.67. The van der Waals surface area contributed by atoms with E-state index in [4.69, 9.17) is 14.6 Å². The van der Waals surface area contributed by atoms with Crippen molar-refractivity contribution >= 4 is 11.9 Å². The number of carbonyl (C=O) groups is 2. The van der Waals surface area contributed by atoms with Gasteiger partial charge in [-0.1, -0.05) is 18.2 Å². The second-order valence-electron chi connectivity index (χ2n) is 9.86. The summed E-state index contributed by atoms with van der Waals surface area (Å²) in [5.41, 5.74) is 2.76. The maximum atomic E-state index is 10.6. The summed E-state index contributed by atoms with van der Waals surface area (Å²) in [5.74, 6) is 0.762. The highest BCUT2D eigenvalue weighted by Gasteiger charge is 2.65. The smallest absolute Gasteiger partial charge is 0.339 e. The molecule has 2 bridgehead atoms. The third-order valence-corrected chi connectivity index (χ3v) is 8.14. The molecule has 2 aliphatic heterocycles. The molecule has 186 valence electrons. The Labute approximate surface area is 204 Å². The number of hydrogen-bond acceptors (Lipinski definition) is 7. The van der Waals surface area contributed by atoms with E-state index in [0.29, 0.717) is 12.0 Å². The first-order valence-electron chi connectivity index (χ1n) is 12.0. The zero-order chi connectivity index (χ0) is 24.9. The molecule has 2 fully saturated rings. The van der Waals surface area contributed by atoms with Crippen molar-refractivity contribution in [3.63, 3.8) is 0 Å². The summed E-state index contributed by atoms with van der Waals surface area (Å²) in [7, 11) is 3.96. The molecule has 8 heteroatoms. The van der Waals surface area contributed by atoms with Gasteiger partial charge in [-0.25, -0.2) is 4.79 Å². The molecule has 35 heavy (non-hydrogen) atoms. The Morgan fingerprint density at radius 2 is 1.91 bits per heavy atom. The van der Waals surface area contributed by atoms with Gasteiger partial charge in [0.2, 0.25) is 0 Å². The van der Waals surface area contributed by atoms with Gasteiger partial charge in [-0.3, -0.25) is 4.79 Å². The number of carboxylic acid groups (broad SMARTS) is 1. The number of methoxy groups -OCH3 is 1. The van der Waals surface area contributed by atoms with Crippen LogP contribution in [0.3, 0.4) is 0 Å². The van der Waals surface area contributed by atoms with Crippen LogP contribution in [0.4, 0.5) is 0 Å². The van der Waals surface area contributed by atoms with Crippen LogP contribution < -0.4 is 14.2 Å². The van der Waals surface area contributed by atoms with Gasteiger partial charge in [-0.2, -0.15) is 0 Å². The molecule has 2 aromatic carbocycles. The molecule has 5 atom stereocenters. The Balaban J connectivity index is 0.000000168. The molecule has 6 rings (SSSR count). The van der Waals surface area contributed by atoms with E-state index in [1.807, 2.05) is 6.07 Å². The van der Waals surface area contributed by atoms with E-state index in [1.54, 1.807) is 19.2 Å². The number of para-hydroxylation sites is 1. The highest BCUT2D eigenvalue weighted by Crippen LogP contribution is 2.63. The fourth-order valence-corrected chi connectivity index (χ4v) is 6.75. The quantitative estimate of drug-likeness (QED) is 0.509. The Bertz CT molecular complexity index is 1160. The summed E-state index contributed by atoms with van der Waals surface area (Å²) in [6.45, 7) is 2.31. The van der Waals surface area contributed by atoms with Crippen LogP contribution in [0.5, 0.6) is 17.2 Å². The monoisotopic (exact) mass is 481 g/mol. The van der Waals surface area contributed by atoms with Crippen LogP contribution in [-0.2, 0) is 16.6 Å². The van der Waals surface area contributed by atoms with Gasteiger partial charge >= 0.3 is 11.9 Å². The molecule has 0 amide bonds. The Morgan fingerprint density at radius 3 is 2.63 bits per heavy atom. The summed E-state index contributed by atoms with van der Waals surface area (Å²) in [5, 5.41) is 19.3. The van der Waals surface area contributed by atoms with E-state index in [9.17, 15) is 14.7 Å². The number of hydrogen-bond donors (Lipinski definition) is 2. The summed E-state index contributed by atoms with van der Waals surface area (Å²) < 4.78 is 16.6. The molecule has 8 nitrogen and oxygen atoms in total. The molecule has 2 aliphatic carbocycles. The molecule has 1 saturated heterocycles. The summed E-state index contributed by atoms with van der Waals surface area (Å²) in [6, 6.07) is 10.8. The Morgan fingerprint density at radius 1 is 1.14 bits per heavy atom. The first kappa shape index (κ1) is 23.6. The SMILES string of the molecule is CC(=O)Oc1ccccc1C(=O)O.COc1ccc2c3c1O[C@H]1[C@@H](O)CC[C@H]4[C@@H](C2)N(C)CC[C@@]341. The molecule has 1 saturated carbocycles. The minimum Gasteiger partial charge on any atom is -0.493 e. The van der Waals surface area contributed by atoms with E-state index < -0.39 is 11.9 Å². The second kappa shape index (κ2) is 8.84. The summed E-state index contributed by atoms with van der Waals surface area (Å²) >= 11 is 0. The highest BCUT2D eigenvalue weighted by atomic mass is 16.5. The number of nitrogens with zero attached hydrogens (tertiary/aromatic N) is 1. The number of esters is 1. The molecule has 0 unspecified atom stereocenters. The van der Waals surface area contributed by atoms with Gasteiger partial charge in [0, 0.05) is 23.9 Å². The molecule has 4 aliphatic rings. The molecule has 2 aromatic rings. The first-order valence-corrected chi connectivity index (χ1v) is 12.0. The van der Waals surface area contributed by atoms with E-state index >= 15 is 0 Å². The lowest BCUT2D eigenvalue weighted by atomic mass is 9.51. The predicted octanol–water partition coefficient (Wildman–Crippen LogP) is 3.04. The van der Waals surface area contributed by atoms with Gasteiger partial charge in [0.1, 0.15) is 17.4 Å². The van der Waals surface area contributed by atoms with Gasteiger partial charge < -0.3 is 29.3 Å². The van der Waals surface area contributed by atoms with E-state index in [1.165, 1.54) is 30.2 Å². The second-order valence-corrected chi connectivity index (χ2v) is 9.86. The molecule has 0 aromatic heterocycles. The number of aromatic carboxylic acids is 1. The number of carbonyl (C=O) groups excluding carboxylic acids is 1. The maximum Gasteiger partial charge on any atom is 0.339 e. The van der Waals surface area contributed by atoms with Crippen molar-refractivity contribution in [3.8, 4) is 17.2 Å². The highest BCUT2D eigenvalue weighted by molar-refractivity contribution is 5.91. The fraction of sp³-hybridized carbons (Fsp3) is 0.481. The van der Waals surface area contributed by atoms with Crippen molar-refractivity contribution in [2.45, 2.75) is 56.3 Å². The van der Waals surface area contributed by atoms with Crippen molar-refractivity contribution in [1.82, 2.24) is 4.90 Å². The lowest BCUT2D eigenvalue weighted by molar-refractivity contribution is -0.131. The van der Waals surface area contributed by atoms with Crippen LogP contribution in [0.1, 0.15) is 47.7 Å². The van der Waals surface area contributed by atoms with Gasteiger partial charge in [0.15, 0.2) is 11.5 Å². The largest absolute Gasteiger partial charge is 0.493 e. The third-order valence-electron chi connectivity index (χ3n) is 8.14. The van der Waals surface area contributed by atoms with E-state index in [2.05, 4.69) is 22.8 Å². The number of benzene rings is 2. The number of carboxylic acids is 1. The lowest BCUT2D eigenvalue weighted by Gasteiger charge is -2.58. The number of aliphatic hydroxyl groups excluding tert-OH is 1. The zero-order valence-electron chi connectivity index (χ0n) is 20.2. The van der Waals surface area contributed by atoms with Crippen molar-refractivity contribution in [2.75, 3.05) is 20.7 Å². The van der Waals surface area contributed by atoms with E-state index in [-0.39, 0.29) is 28.9 Å². The van der Waals surface area contributed by atoms with Gasteiger partial charge in [-0.05, 0) is 69.0 Å². The average Bonchev–Trinajstić information content (AvgIpc) is 3.18. The topological polar surface area (TPSA) is 106 Å². The standard InChI is InChI=1S/C18H23NO3.C9H8O4/c1-19-8-7-18-11-4-5-13(20)17(18)22-16-14(21-2)6-3-10(15(16)18)9-12(11)19;1-6(10)13-8-5-3-2-4-7(8)9(11)12/h3,6,11-13,17,20H,4-5,7-9H2,1-2H3;2-5H,1H3,(H,11,12)/t11-,12+,13-,17-,18-;/m0./s1. The number of ether oxygens (including phenoxy) is 3. The van der Waals surface area contributed by atoms with E-state index in [0.717, 1.165) is 43.7 Å². The molecule has 2 N–H and O–H groups in total. The lowest BCUT2D eigenvalue weighted by Crippen LogP contribution is -2.66. The van der Waals surface area contributed by atoms with Crippen LogP contribution in [0.25, 0.3) is 0 Å².